The van der Waals surface area contributed by atoms with E-state index in [4.69, 9.17) is 0 Å². The Bertz CT molecular complexity index is 663. The number of halogens is 3. The van der Waals surface area contributed by atoms with Gasteiger partial charge >= 0.3 is 0 Å². The van der Waals surface area contributed by atoms with Gasteiger partial charge in [0.1, 0.15) is 17.2 Å². The first-order chi connectivity index (χ1) is 9.38. The normalized spacial score (nSPS) is 10.4. The van der Waals surface area contributed by atoms with Gasteiger partial charge < -0.3 is 5.32 Å². The van der Waals surface area contributed by atoms with Crippen LogP contribution in [0.15, 0.2) is 34.8 Å². The molecule has 0 unspecified atom stereocenters. The van der Waals surface area contributed by atoms with Crippen LogP contribution in [0.3, 0.4) is 0 Å². The van der Waals surface area contributed by atoms with Crippen LogP contribution in [0.1, 0.15) is 21.5 Å². The Morgan fingerprint density at radius 3 is 2.30 bits per heavy atom. The Morgan fingerprint density at radius 1 is 1.10 bits per heavy atom. The number of hydrogen-bond donors (Lipinski definition) is 1. The van der Waals surface area contributed by atoms with Crippen molar-refractivity contribution in [3.8, 4) is 0 Å². The standard InChI is InChI=1S/C15H12BrF2NO/c1-8-3-4-9(2)13(5-8)19-15(20)14-11(17)6-10(16)7-12(14)18/h3-7H,1-2H3,(H,19,20). The Morgan fingerprint density at radius 2 is 1.70 bits per heavy atom. The van der Waals surface area contributed by atoms with Gasteiger partial charge in [0, 0.05) is 10.2 Å². The first-order valence-electron chi connectivity index (χ1n) is 5.91. The highest BCUT2D eigenvalue weighted by atomic mass is 79.9. The molecule has 0 heterocycles. The summed E-state index contributed by atoms with van der Waals surface area (Å²) in [6, 6.07) is 7.59. The van der Waals surface area contributed by atoms with Gasteiger partial charge in [0.25, 0.3) is 5.91 Å². The number of aryl methyl sites for hydroxylation is 2. The second-order valence-corrected chi connectivity index (χ2v) is 5.43. The zero-order chi connectivity index (χ0) is 14.9. The molecule has 2 aromatic carbocycles. The number of benzene rings is 2. The first-order valence-corrected chi connectivity index (χ1v) is 6.71. The number of hydrogen-bond acceptors (Lipinski definition) is 1. The summed E-state index contributed by atoms with van der Waals surface area (Å²) in [7, 11) is 0. The summed E-state index contributed by atoms with van der Waals surface area (Å²) in [5.41, 5.74) is 1.72. The smallest absolute Gasteiger partial charge is 0.261 e. The van der Waals surface area contributed by atoms with Crippen molar-refractivity contribution in [1.82, 2.24) is 0 Å². The maximum Gasteiger partial charge on any atom is 0.261 e. The summed E-state index contributed by atoms with van der Waals surface area (Å²) in [6.45, 7) is 3.68. The molecule has 0 saturated carbocycles. The molecule has 0 bridgehead atoms. The molecule has 104 valence electrons. The van der Waals surface area contributed by atoms with Crippen molar-refractivity contribution in [3.05, 3.63) is 63.1 Å². The van der Waals surface area contributed by atoms with E-state index in [0.717, 1.165) is 23.3 Å². The molecule has 5 heteroatoms. The lowest BCUT2D eigenvalue weighted by molar-refractivity contribution is 0.101. The minimum Gasteiger partial charge on any atom is -0.322 e. The fourth-order valence-electron chi connectivity index (χ4n) is 1.81. The zero-order valence-corrected chi connectivity index (χ0v) is 12.5. The van der Waals surface area contributed by atoms with E-state index in [9.17, 15) is 13.6 Å². The highest BCUT2D eigenvalue weighted by Crippen LogP contribution is 2.22. The van der Waals surface area contributed by atoms with E-state index < -0.39 is 23.1 Å². The summed E-state index contributed by atoms with van der Waals surface area (Å²) in [6.07, 6.45) is 0. The molecule has 20 heavy (non-hydrogen) atoms. The predicted molar refractivity (Wildman–Crippen MR) is 77.9 cm³/mol. The van der Waals surface area contributed by atoms with Crippen molar-refractivity contribution < 1.29 is 13.6 Å². The van der Waals surface area contributed by atoms with E-state index in [1.807, 2.05) is 26.0 Å². The van der Waals surface area contributed by atoms with Gasteiger partial charge in [0.2, 0.25) is 0 Å². The summed E-state index contributed by atoms with van der Waals surface area (Å²) >= 11 is 2.97. The van der Waals surface area contributed by atoms with E-state index in [1.54, 1.807) is 6.07 Å². The minimum atomic E-state index is -0.903. The van der Waals surface area contributed by atoms with E-state index in [-0.39, 0.29) is 4.47 Å². The van der Waals surface area contributed by atoms with Crippen molar-refractivity contribution in [1.29, 1.82) is 0 Å². The summed E-state index contributed by atoms with van der Waals surface area (Å²) < 4.78 is 27.7. The van der Waals surface area contributed by atoms with Gasteiger partial charge in [-0.2, -0.15) is 0 Å². The summed E-state index contributed by atoms with van der Waals surface area (Å²) in [5, 5.41) is 2.53. The highest BCUT2D eigenvalue weighted by molar-refractivity contribution is 9.10. The monoisotopic (exact) mass is 339 g/mol. The molecule has 2 rings (SSSR count). The molecule has 0 aliphatic rings. The van der Waals surface area contributed by atoms with Gasteiger partial charge in [0.05, 0.1) is 0 Å². The average Bonchev–Trinajstić information content (AvgIpc) is 2.32. The molecule has 0 radical (unpaired) electrons. The van der Waals surface area contributed by atoms with Crippen LogP contribution in [0, 0.1) is 25.5 Å². The maximum atomic E-state index is 13.7. The van der Waals surface area contributed by atoms with Crippen LogP contribution in [0.2, 0.25) is 0 Å². The fraction of sp³-hybridized carbons (Fsp3) is 0.133. The largest absolute Gasteiger partial charge is 0.322 e. The molecule has 2 aromatic rings. The minimum absolute atomic E-state index is 0.246. The second kappa shape index (κ2) is 5.71. The molecular weight excluding hydrogens is 328 g/mol. The van der Waals surface area contributed by atoms with Gasteiger partial charge in [-0.15, -0.1) is 0 Å². The van der Waals surface area contributed by atoms with Crippen molar-refractivity contribution in [2.24, 2.45) is 0 Å². The van der Waals surface area contributed by atoms with E-state index in [1.165, 1.54) is 0 Å². The highest BCUT2D eigenvalue weighted by Gasteiger charge is 2.19. The van der Waals surface area contributed by atoms with Crippen molar-refractivity contribution in [2.45, 2.75) is 13.8 Å². The molecule has 0 fully saturated rings. The van der Waals surface area contributed by atoms with Gasteiger partial charge in [-0.1, -0.05) is 28.1 Å². The van der Waals surface area contributed by atoms with Crippen LogP contribution in [0.5, 0.6) is 0 Å². The molecule has 1 amide bonds. The lowest BCUT2D eigenvalue weighted by Crippen LogP contribution is -2.16. The molecule has 0 saturated heterocycles. The van der Waals surface area contributed by atoms with Crippen LogP contribution < -0.4 is 5.32 Å². The Hall–Kier alpha value is -1.75. The molecular formula is C15H12BrF2NO. The Labute approximate surface area is 123 Å². The lowest BCUT2D eigenvalue weighted by atomic mass is 10.1. The second-order valence-electron chi connectivity index (χ2n) is 4.52. The fourth-order valence-corrected chi connectivity index (χ4v) is 2.22. The number of nitrogens with one attached hydrogen (secondary N) is 1. The quantitative estimate of drug-likeness (QED) is 0.851. The van der Waals surface area contributed by atoms with Gasteiger partial charge in [-0.05, 0) is 43.2 Å². The summed E-state index contributed by atoms with van der Waals surface area (Å²) in [4.78, 5) is 12.0. The van der Waals surface area contributed by atoms with Gasteiger partial charge in [0.15, 0.2) is 0 Å². The maximum absolute atomic E-state index is 13.7. The van der Waals surface area contributed by atoms with Crippen LogP contribution in [-0.4, -0.2) is 5.91 Å². The van der Waals surface area contributed by atoms with Crippen LogP contribution >= 0.6 is 15.9 Å². The van der Waals surface area contributed by atoms with Gasteiger partial charge in [-0.25, -0.2) is 8.78 Å². The molecule has 0 atom stereocenters. The first kappa shape index (κ1) is 14.7. The zero-order valence-electron chi connectivity index (χ0n) is 10.9. The molecule has 2 nitrogen and oxygen atoms in total. The topological polar surface area (TPSA) is 29.1 Å². The van der Waals surface area contributed by atoms with Crippen molar-refractivity contribution in [3.63, 3.8) is 0 Å². The third kappa shape index (κ3) is 3.04. The summed E-state index contributed by atoms with van der Waals surface area (Å²) in [5.74, 6) is -2.61. The number of amides is 1. The average molecular weight is 340 g/mol. The molecule has 0 spiro atoms. The SMILES string of the molecule is Cc1ccc(C)c(NC(=O)c2c(F)cc(Br)cc2F)c1. The Balaban J connectivity index is 2.36. The predicted octanol–water partition coefficient (Wildman–Crippen LogP) is 4.60. The van der Waals surface area contributed by atoms with Crippen molar-refractivity contribution in [2.75, 3.05) is 5.32 Å². The molecule has 1 N–H and O–H groups in total. The molecule has 0 aliphatic heterocycles. The molecule has 0 aliphatic carbocycles. The number of carbonyl (C=O) groups is 1. The van der Waals surface area contributed by atoms with Crippen LogP contribution in [0.25, 0.3) is 0 Å². The molecule has 0 aromatic heterocycles. The van der Waals surface area contributed by atoms with E-state index >= 15 is 0 Å². The number of carbonyl (C=O) groups excluding carboxylic acids is 1. The number of rotatable bonds is 2. The van der Waals surface area contributed by atoms with E-state index in [2.05, 4.69) is 21.2 Å². The third-order valence-electron chi connectivity index (χ3n) is 2.88. The third-order valence-corrected chi connectivity index (χ3v) is 3.33. The van der Waals surface area contributed by atoms with E-state index in [0.29, 0.717) is 5.69 Å². The van der Waals surface area contributed by atoms with Crippen LogP contribution in [-0.2, 0) is 0 Å². The van der Waals surface area contributed by atoms with Crippen molar-refractivity contribution >= 4 is 27.5 Å². The lowest BCUT2D eigenvalue weighted by Gasteiger charge is -2.10. The Kier molecular flexibility index (Phi) is 4.18. The van der Waals surface area contributed by atoms with Crippen LogP contribution in [0.4, 0.5) is 14.5 Å². The number of anilines is 1. The van der Waals surface area contributed by atoms with Gasteiger partial charge in [-0.3, -0.25) is 4.79 Å².